The third-order valence-electron chi connectivity index (χ3n) is 15.0. The maximum absolute atomic E-state index is 2.61. The van der Waals surface area contributed by atoms with Gasteiger partial charge in [0.1, 0.15) is 0 Å². The van der Waals surface area contributed by atoms with Crippen molar-refractivity contribution < 1.29 is 0 Å². The van der Waals surface area contributed by atoms with E-state index in [9.17, 15) is 0 Å². The number of thiophene rings is 1. The summed E-state index contributed by atoms with van der Waals surface area (Å²) in [4.78, 5) is 6.56. The molecule has 0 radical (unpaired) electrons. The average Bonchev–Trinajstić information content (AvgIpc) is 4.01. The molecule has 0 saturated heterocycles. The quantitative estimate of drug-likeness (QED) is 0.163. The molecule has 2 aliphatic carbocycles. The molecule has 2 nitrogen and oxygen atoms in total. The number of hydrogen-bond donors (Lipinski definition) is 0. The minimum Gasteiger partial charge on any atom is -0.311 e. The second kappa shape index (κ2) is 14.2. The standard InChI is InChI=1S/C63H45BN2S/c1-62(2,3)42-35-36-45(49(39-42)40-20-7-4-8-21-40)41-34-37-53-56(38-41)65(43-22-9-5-10-23-43)54-32-19-33-55-58(54)64(53)61-59(66(55)44-24-11-6-12-25-44)57-48-28-15-18-31-52(48)63(60(57)67-61)50-29-16-13-26-46(50)47-27-14-17-30-51(47)63/h4-39H,1-3H3. The van der Waals surface area contributed by atoms with Gasteiger partial charge in [0.2, 0.25) is 0 Å². The Labute approximate surface area is 397 Å². The van der Waals surface area contributed by atoms with Crippen LogP contribution in [0.5, 0.6) is 0 Å². The van der Waals surface area contributed by atoms with Gasteiger partial charge in [-0.1, -0.05) is 197 Å². The zero-order chi connectivity index (χ0) is 44.6. The van der Waals surface area contributed by atoms with E-state index >= 15 is 0 Å². The SMILES string of the molecule is CC(C)(C)c1ccc(-c2ccc3c(c2)N(c2ccccc2)c2cccc4c2B3c2sc3c(c2N4c2ccccc2)-c2ccccc2C32c3ccccc3-c3ccccc32)c(-c2ccccc2)c1. The number of hydrogen-bond acceptors (Lipinski definition) is 3. The van der Waals surface area contributed by atoms with E-state index in [1.807, 2.05) is 11.3 Å². The van der Waals surface area contributed by atoms with Crippen LogP contribution < -0.4 is 25.5 Å². The molecule has 14 rings (SSSR count). The predicted molar refractivity (Wildman–Crippen MR) is 284 cm³/mol. The number of rotatable bonds is 4. The third-order valence-corrected chi connectivity index (χ3v) is 16.4. The van der Waals surface area contributed by atoms with Gasteiger partial charge in [0, 0.05) is 43.7 Å². The molecule has 4 aliphatic rings. The molecule has 0 saturated carbocycles. The molecule has 316 valence electrons. The molecule has 2 aliphatic heterocycles. The van der Waals surface area contributed by atoms with Crippen LogP contribution in [0.2, 0.25) is 0 Å². The molecule has 10 aromatic rings. The van der Waals surface area contributed by atoms with Gasteiger partial charge in [-0.2, -0.15) is 0 Å². The second-order valence-corrected chi connectivity index (χ2v) is 20.6. The summed E-state index contributed by atoms with van der Waals surface area (Å²) in [6.07, 6.45) is 0. The topological polar surface area (TPSA) is 6.48 Å². The first kappa shape index (κ1) is 38.6. The summed E-state index contributed by atoms with van der Waals surface area (Å²) < 4.78 is 1.39. The van der Waals surface area contributed by atoms with Crippen LogP contribution >= 0.6 is 11.3 Å². The van der Waals surface area contributed by atoms with Gasteiger partial charge in [-0.3, -0.25) is 0 Å². The molecule has 0 amide bonds. The fourth-order valence-electron chi connectivity index (χ4n) is 12.2. The summed E-state index contributed by atoms with van der Waals surface area (Å²) in [5.41, 5.74) is 25.3. The highest BCUT2D eigenvalue weighted by atomic mass is 32.1. The van der Waals surface area contributed by atoms with Crippen molar-refractivity contribution in [2.24, 2.45) is 0 Å². The highest BCUT2D eigenvalue weighted by molar-refractivity contribution is 7.30. The van der Waals surface area contributed by atoms with E-state index in [2.05, 4.69) is 249 Å². The van der Waals surface area contributed by atoms with E-state index in [4.69, 9.17) is 0 Å². The Morgan fingerprint density at radius 2 is 0.985 bits per heavy atom. The summed E-state index contributed by atoms with van der Waals surface area (Å²) >= 11 is 2.05. The van der Waals surface area contributed by atoms with Crippen LogP contribution in [0.25, 0.3) is 44.5 Å². The van der Waals surface area contributed by atoms with Crippen LogP contribution in [0.1, 0.15) is 47.9 Å². The molecule has 0 bridgehead atoms. The van der Waals surface area contributed by atoms with Crippen LogP contribution in [0.3, 0.4) is 0 Å². The van der Waals surface area contributed by atoms with Gasteiger partial charge < -0.3 is 9.80 Å². The highest BCUT2D eigenvalue weighted by Gasteiger charge is 2.56. The Balaban J connectivity index is 1.08. The molecular weight excluding hydrogens is 828 g/mol. The summed E-state index contributed by atoms with van der Waals surface area (Å²) in [6.45, 7) is 6.92. The first-order valence-corrected chi connectivity index (χ1v) is 24.4. The van der Waals surface area contributed by atoms with Gasteiger partial charge in [-0.25, -0.2) is 0 Å². The maximum Gasteiger partial charge on any atom is 0.264 e. The van der Waals surface area contributed by atoms with E-state index in [0.29, 0.717) is 0 Å². The normalized spacial score (nSPS) is 14.2. The van der Waals surface area contributed by atoms with Crippen LogP contribution in [-0.4, -0.2) is 6.71 Å². The first-order chi connectivity index (χ1) is 32.9. The van der Waals surface area contributed by atoms with Crippen LogP contribution in [-0.2, 0) is 10.8 Å². The van der Waals surface area contributed by atoms with Gasteiger partial charge in [0.05, 0.1) is 11.1 Å². The predicted octanol–water partition coefficient (Wildman–Crippen LogP) is 14.8. The molecule has 0 unspecified atom stereocenters. The Kier molecular flexibility index (Phi) is 8.17. The highest BCUT2D eigenvalue weighted by Crippen LogP contribution is 2.66. The lowest BCUT2D eigenvalue weighted by Gasteiger charge is -2.43. The molecule has 3 heterocycles. The average molecular weight is 873 g/mol. The number of anilines is 6. The van der Waals surface area contributed by atoms with Gasteiger partial charge in [-0.05, 0) is 120 Å². The monoisotopic (exact) mass is 872 g/mol. The molecule has 4 heteroatoms. The smallest absolute Gasteiger partial charge is 0.264 e. The van der Waals surface area contributed by atoms with Crippen molar-refractivity contribution in [3.8, 4) is 44.5 Å². The lowest BCUT2D eigenvalue weighted by molar-refractivity contribution is 0.590. The van der Waals surface area contributed by atoms with Crippen molar-refractivity contribution in [1.82, 2.24) is 0 Å². The number of benzene rings is 9. The molecule has 0 N–H and O–H groups in total. The lowest BCUT2D eigenvalue weighted by atomic mass is 9.36. The summed E-state index contributed by atoms with van der Waals surface area (Å²) in [7, 11) is 0. The van der Waals surface area contributed by atoms with Gasteiger partial charge in [-0.15, -0.1) is 11.3 Å². The molecule has 0 fully saturated rings. The Morgan fingerprint density at radius 1 is 0.433 bits per heavy atom. The summed E-state index contributed by atoms with van der Waals surface area (Å²) in [5.74, 6) is 0. The van der Waals surface area contributed by atoms with Crippen molar-refractivity contribution in [1.29, 1.82) is 0 Å². The zero-order valence-electron chi connectivity index (χ0n) is 37.7. The first-order valence-electron chi connectivity index (χ1n) is 23.6. The van der Waals surface area contributed by atoms with E-state index in [1.165, 1.54) is 116 Å². The van der Waals surface area contributed by atoms with E-state index in [0.717, 1.165) is 5.69 Å². The van der Waals surface area contributed by atoms with Crippen molar-refractivity contribution in [3.05, 3.63) is 246 Å². The third kappa shape index (κ3) is 5.28. The van der Waals surface area contributed by atoms with Gasteiger partial charge in [0.25, 0.3) is 6.71 Å². The minimum atomic E-state index is -0.441. The van der Waals surface area contributed by atoms with Crippen molar-refractivity contribution in [3.63, 3.8) is 0 Å². The largest absolute Gasteiger partial charge is 0.311 e. The molecule has 9 aromatic carbocycles. The van der Waals surface area contributed by atoms with Crippen LogP contribution in [0.15, 0.2) is 218 Å². The second-order valence-electron chi connectivity index (χ2n) is 19.5. The van der Waals surface area contributed by atoms with Crippen molar-refractivity contribution in [2.45, 2.75) is 31.6 Å². The molecular formula is C63H45BN2S. The Morgan fingerprint density at radius 3 is 1.63 bits per heavy atom. The number of para-hydroxylation sites is 2. The van der Waals surface area contributed by atoms with Gasteiger partial charge in [0.15, 0.2) is 0 Å². The van der Waals surface area contributed by atoms with Crippen LogP contribution in [0, 0.1) is 0 Å². The fraction of sp³-hybridized carbons (Fsp3) is 0.0794. The van der Waals surface area contributed by atoms with Gasteiger partial charge >= 0.3 is 0 Å². The van der Waals surface area contributed by atoms with E-state index in [1.54, 1.807) is 0 Å². The Bertz CT molecular complexity index is 3600. The zero-order valence-corrected chi connectivity index (χ0v) is 38.5. The molecule has 1 aromatic heterocycles. The lowest BCUT2D eigenvalue weighted by Crippen LogP contribution is -2.60. The fourth-order valence-corrected chi connectivity index (χ4v) is 13.8. The van der Waals surface area contributed by atoms with Crippen molar-refractivity contribution >= 4 is 67.9 Å². The summed E-state index contributed by atoms with van der Waals surface area (Å²) in [6, 6.07) is 82.2. The number of nitrogens with zero attached hydrogens (tertiary/aromatic N) is 2. The molecule has 1 spiro atoms. The van der Waals surface area contributed by atoms with E-state index in [-0.39, 0.29) is 12.1 Å². The minimum absolute atomic E-state index is 0.00580. The molecule has 0 atom stereocenters. The van der Waals surface area contributed by atoms with Crippen molar-refractivity contribution in [2.75, 3.05) is 9.80 Å². The van der Waals surface area contributed by atoms with E-state index < -0.39 is 5.41 Å². The van der Waals surface area contributed by atoms with Crippen LogP contribution in [0.4, 0.5) is 34.1 Å². The molecule has 67 heavy (non-hydrogen) atoms. The Hall–Kier alpha value is -7.66. The number of fused-ring (bicyclic) bond motifs is 15. The summed E-state index contributed by atoms with van der Waals surface area (Å²) in [5, 5.41) is 0. The maximum atomic E-state index is 2.61.